The number of carbonyl (C=O) groups excluding carboxylic acids is 1. The quantitative estimate of drug-likeness (QED) is 0.858. The van der Waals surface area contributed by atoms with Crippen LogP contribution in [0.1, 0.15) is 34.0 Å². The molecule has 1 unspecified atom stereocenters. The van der Waals surface area contributed by atoms with E-state index in [1.807, 2.05) is 36.9 Å². The fourth-order valence-corrected chi connectivity index (χ4v) is 3.13. The molecule has 2 aromatic heterocycles. The van der Waals surface area contributed by atoms with E-state index in [2.05, 4.69) is 26.9 Å². The molecule has 2 aromatic rings. The van der Waals surface area contributed by atoms with Crippen molar-refractivity contribution in [2.24, 2.45) is 0 Å². The molecule has 1 saturated heterocycles. The molecule has 0 spiro atoms. The number of likely N-dealkylation sites (tertiary alicyclic amines) is 1. The van der Waals surface area contributed by atoms with Gasteiger partial charge in [0.2, 0.25) is 0 Å². The van der Waals surface area contributed by atoms with Gasteiger partial charge in [0.15, 0.2) is 0 Å². The highest BCUT2D eigenvalue weighted by Crippen LogP contribution is 2.19. The third-order valence-corrected chi connectivity index (χ3v) is 4.54. The Morgan fingerprint density at radius 3 is 2.75 bits per heavy atom. The largest absolute Gasteiger partial charge is 0.337 e. The second-order valence-corrected chi connectivity index (χ2v) is 6.36. The second-order valence-electron chi connectivity index (χ2n) is 6.36. The SMILES string of the molecule is Cc1ccc(C(=O)N2CCC(N(C)Cc3ncccn3)C2)c(C)n1. The summed E-state index contributed by atoms with van der Waals surface area (Å²) < 4.78 is 0. The molecule has 0 radical (unpaired) electrons. The lowest BCUT2D eigenvalue weighted by Gasteiger charge is -2.24. The highest BCUT2D eigenvalue weighted by atomic mass is 16.2. The Labute approximate surface area is 142 Å². The van der Waals surface area contributed by atoms with Gasteiger partial charge in [-0.3, -0.25) is 14.7 Å². The number of aromatic nitrogens is 3. The van der Waals surface area contributed by atoms with Crippen LogP contribution in [0.3, 0.4) is 0 Å². The smallest absolute Gasteiger partial charge is 0.255 e. The van der Waals surface area contributed by atoms with E-state index in [0.717, 1.165) is 36.7 Å². The summed E-state index contributed by atoms with van der Waals surface area (Å²) >= 11 is 0. The molecule has 6 nitrogen and oxygen atoms in total. The summed E-state index contributed by atoms with van der Waals surface area (Å²) in [4.78, 5) is 29.8. The number of pyridine rings is 1. The number of likely N-dealkylation sites (N-methyl/N-ethyl adjacent to an activating group) is 1. The molecule has 0 bridgehead atoms. The average Bonchev–Trinajstić information content (AvgIpc) is 3.05. The predicted octanol–water partition coefficient (Wildman–Crippen LogP) is 1.83. The van der Waals surface area contributed by atoms with Crippen molar-refractivity contribution in [3.63, 3.8) is 0 Å². The van der Waals surface area contributed by atoms with Crippen LogP contribution in [0.25, 0.3) is 0 Å². The molecule has 1 fully saturated rings. The van der Waals surface area contributed by atoms with Crippen LogP contribution in [0.5, 0.6) is 0 Å². The number of carbonyl (C=O) groups is 1. The van der Waals surface area contributed by atoms with Crippen molar-refractivity contribution in [3.05, 3.63) is 53.4 Å². The highest BCUT2D eigenvalue weighted by Gasteiger charge is 2.30. The fourth-order valence-electron chi connectivity index (χ4n) is 3.13. The average molecular weight is 325 g/mol. The predicted molar refractivity (Wildman–Crippen MR) is 91.5 cm³/mol. The van der Waals surface area contributed by atoms with Crippen LogP contribution >= 0.6 is 0 Å². The molecule has 24 heavy (non-hydrogen) atoms. The fraction of sp³-hybridized carbons (Fsp3) is 0.444. The normalized spacial score (nSPS) is 17.5. The first-order chi connectivity index (χ1) is 11.5. The first-order valence-electron chi connectivity index (χ1n) is 8.24. The van der Waals surface area contributed by atoms with Gasteiger partial charge in [0.1, 0.15) is 5.82 Å². The molecule has 1 aliphatic heterocycles. The maximum absolute atomic E-state index is 12.7. The van der Waals surface area contributed by atoms with E-state index in [-0.39, 0.29) is 5.91 Å². The van der Waals surface area contributed by atoms with Crippen molar-refractivity contribution in [1.82, 2.24) is 24.8 Å². The van der Waals surface area contributed by atoms with Gasteiger partial charge in [-0.25, -0.2) is 9.97 Å². The topological polar surface area (TPSA) is 62.2 Å². The molecule has 6 heteroatoms. The van der Waals surface area contributed by atoms with Gasteiger partial charge in [0.05, 0.1) is 17.8 Å². The molecule has 0 aliphatic carbocycles. The minimum Gasteiger partial charge on any atom is -0.337 e. The zero-order valence-electron chi connectivity index (χ0n) is 14.4. The summed E-state index contributed by atoms with van der Waals surface area (Å²) in [5.41, 5.74) is 2.44. The van der Waals surface area contributed by atoms with Crippen LogP contribution in [-0.2, 0) is 6.54 Å². The van der Waals surface area contributed by atoms with E-state index in [4.69, 9.17) is 0 Å². The Bertz CT molecular complexity index is 719. The van der Waals surface area contributed by atoms with Crippen LogP contribution in [0, 0.1) is 13.8 Å². The Morgan fingerprint density at radius 1 is 1.29 bits per heavy atom. The molecule has 1 aliphatic rings. The third-order valence-electron chi connectivity index (χ3n) is 4.54. The van der Waals surface area contributed by atoms with Gasteiger partial charge >= 0.3 is 0 Å². The van der Waals surface area contributed by atoms with Gasteiger partial charge in [-0.05, 0) is 45.5 Å². The summed E-state index contributed by atoms with van der Waals surface area (Å²) in [7, 11) is 2.06. The number of aryl methyl sites for hydroxylation is 2. The van der Waals surface area contributed by atoms with Crippen molar-refractivity contribution in [2.45, 2.75) is 32.9 Å². The monoisotopic (exact) mass is 325 g/mol. The van der Waals surface area contributed by atoms with Crippen LogP contribution in [-0.4, -0.2) is 56.8 Å². The lowest BCUT2D eigenvalue weighted by Crippen LogP contribution is -2.36. The Balaban J connectivity index is 1.63. The van der Waals surface area contributed by atoms with Gasteiger partial charge in [-0.1, -0.05) is 0 Å². The molecule has 3 heterocycles. The summed E-state index contributed by atoms with van der Waals surface area (Å²) in [5.74, 6) is 0.884. The Kier molecular flexibility index (Phi) is 4.85. The van der Waals surface area contributed by atoms with Crippen molar-refractivity contribution in [2.75, 3.05) is 20.1 Å². The van der Waals surface area contributed by atoms with Crippen LogP contribution < -0.4 is 0 Å². The van der Waals surface area contributed by atoms with Crippen LogP contribution in [0.2, 0.25) is 0 Å². The van der Waals surface area contributed by atoms with Crippen LogP contribution in [0.4, 0.5) is 0 Å². The minimum absolute atomic E-state index is 0.0758. The van der Waals surface area contributed by atoms with Crippen molar-refractivity contribution in [3.8, 4) is 0 Å². The third kappa shape index (κ3) is 3.59. The maximum atomic E-state index is 12.7. The summed E-state index contributed by atoms with van der Waals surface area (Å²) in [5, 5.41) is 0. The van der Waals surface area contributed by atoms with Crippen molar-refractivity contribution in [1.29, 1.82) is 0 Å². The lowest BCUT2D eigenvalue weighted by atomic mass is 10.1. The Morgan fingerprint density at radius 2 is 2.04 bits per heavy atom. The number of nitrogens with zero attached hydrogens (tertiary/aromatic N) is 5. The molecule has 126 valence electrons. The molecule has 0 aromatic carbocycles. The second kappa shape index (κ2) is 7.05. The van der Waals surface area contributed by atoms with Crippen molar-refractivity contribution < 1.29 is 4.79 Å². The van der Waals surface area contributed by atoms with Gasteiger partial charge in [-0.2, -0.15) is 0 Å². The number of hydrogen-bond donors (Lipinski definition) is 0. The van der Waals surface area contributed by atoms with E-state index in [1.165, 1.54) is 0 Å². The highest BCUT2D eigenvalue weighted by molar-refractivity contribution is 5.95. The van der Waals surface area contributed by atoms with Gasteiger partial charge in [0.25, 0.3) is 5.91 Å². The van der Waals surface area contributed by atoms with Gasteiger partial charge < -0.3 is 4.90 Å². The Hall–Kier alpha value is -2.34. The molecule has 1 amide bonds. The first-order valence-corrected chi connectivity index (χ1v) is 8.24. The summed E-state index contributed by atoms with van der Waals surface area (Å²) in [6.45, 7) is 6.03. The number of rotatable bonds is 4. The molecule has 3 rings (SSSR count). The van der Waals surface area contributed by atoms with E-state index < -0.39 is 0 Å². The van der Waals surface area contributed by atoms with E-state index in [9.17, 15) is 4.79 Å². The molecular weight excluding hydrogens is 302 g/mol. The zero-order chi connectivity index (χ0) is 17.1. The van der Waals surface area contributed by atoms with E-state index in [0.29, 0.717) is 18.2 Å². The summed E-state index contributed by atoms with van der Waals surface area (Å²) in [6, 6.07) is 5.93. The van der Waals surface area contributed by atoms with E-state index in [1.54, 1.807) is 12.4 Å². The minimum atomic E-state index is 0.0758. The molecule has 1 atom stereocenters. The maximum Gasteiger partial charge on any atom is 0.255 e. The van der Waals surface area contributed by atoms with Crippen molar-refractivity contribution >= 4 is 5.91 Å². The van der Waals surface area contributed by atoms with Gasteiger partial charge in [-0.15, -0.1) is 0 Å². The van der Waals surface area contributed by atoms with Gasteiger partial charge in [0, 0.05) is 37.2 Å². The molecule has 0 saturated carbocycles. The zero-order valence-corrected chi connectivity index (χ0v) is 14.4. The summed E-state index contributed by atoms with van der Waals surface area (Å²) in [6.07, 6.45) is 4.48. The first kappa shape index (κ1) is 16.5. The molecular formula is C18H23N5O. The van der Waals surface area contributed by atoms with E-state index >= 15 is 0 Å². The van der Waals surface area contributed by atoms with Crippen LogP contribution in [0.15, 0.2) is 30.6 Å². The standard InChI is InChI=1S/C18H23N5O/c1-13-5-6-16(14(2)21-13)18(24)23-10-7-15(11-23)22(3)12-17-19-8-4-9-20-17/h4-6,8-9,15H,7,10-12H2,1-3H3. The lowest BCUT2D eigenvalue weighted by molar-refractivity contribution is 0.0778. The molecule has 0 N–H and O–H groups in total. The number of amides is 1. The number of hydrogen-bond acceptors (Lipinski definition) is 5.